The van der Waals surface area contributed by atoms with E-state index in [1.807, 2.05) is 17.5 Å². The van der Waals surface area contributed by atoms with Crippen LogP contribution in [0.1, 0.15) is 15.9 Å². The van der Waals surface area contributed by atoms with E-state index < -0.39 is 5.97 Å². The molecule has 0 bridgehead atoms. The van der Waals surface area contributed by atoms with Gasteiger partial charge < -0.3 is 9.84 Å². The summed E-state index contributed by atoms with van der Waals surface area (Å²) < 4.78 is 7.77. The number of thiophene rings is 1. The molecule has 3 heterocycles. The minimum Gasteiger partial charge on any atom is -0.478 e. The molecule has 28 heavy (non-hydrogen) atoms. The standard InChI is InChI=1S/C20H15N3O4S/c1-23-19(24)16-15(13-5-7-21-8-6-13)11-28-17(16)18(22-23)27-10-12-3-2-4-14(9-12)20(25)26/h2-9,11H,10H2,1H3,(H,25,26). The highest BCUT2D eigenvalue weighted by Crippen LogP contribution is 2.35. The Morgan fingerprint density at radius 1 is 1.25 bits per heavy atom. The zero-order chi connectivity index (χ0) is 19.7. The number of nitrogens with zero attached hydrogens (tertiary/aromatic N) is 3. The molecule has 0 saturated carbocycles. The first kappa shape index (κ1) is 17.9. The Labute approximate surface area is 163 Å². The van der Waals surface area contributed by atoms with Crippen molar-refractivity contribution in [1.82, 2.24) is 14.8 Å². The summed E-state index contributed by atoms with van der Waals surface area (Å²) in [4.78, 5) is 27.8. The second kappa shape index (κ2) is 7.24. The van der Waals surface area contributed by atoms with Crippen LogP contribution in [0.15, 0.2) is 59.0 Å². The van der Waals surface area contributed by atoms with Crippen LogP contribution < -0.4 is 10.3 Å². The van der Waals surface area contributed by atoms with Gasteiger partial charge in [0.2, 0.25) is 5.88 Å². The van der Waals surface area contributed by atoms with E-state index in [2.05, 4.69) is 10.1 Å². The first-order valence-corrected chi connectivity index (χ1v) is 9.26. The second-order valence-electron chi connectivity index (χ2n) is 6.12. The van der Waals surface area contributed by atoms with Crippen molar-refractivity contribution >= 4 is 27.4 Å². The van der Waals surface area contributed by atoms with Crippen LogP contribution in [0.5, 0.6) is 5.88 Å². The van der Waals surface area contributed by atoms with Gasteiger partial charge in [-0.05, 0) is 35.4 Å². The number of rotatable bonds is 5. The molecule has 4 aromatic rings. The van der Waals surface area contributed by atoms with E-state index in [-0.39, 0.29) is 17.7 Å². The molecule has 0 unspecified atom stereocenters. The van der Waals surface area contributed by atoms with Crippen LogP contribution in [0.3, 0.4) is 0 Å². The van der Waals surface area contributed by atoms with Crippen LogP contribution in [0.2, 0.25) is 0 Å². The summed E-state index contributed by atoms with van der Waals surface area (Å²) in [6, 6.07) is 10.2. The highest BCUT2D eigenvalue weighted by Gasteiger charge is 2.17. The molecular formula is C20H15N3O4S. The highest BCUT2D eigenvalue weighted by atomic mass is 32.1. The average Bonchev–Trinajstić information content (AvgIpc) is 3.16. The summed E-state index contributed by atoms with van der Waals surface area (Å²) in [5.41, 5.74) is 2.39. The van der Waals surface area contributed by atoms with Crippen LogP contribution in [0, 0.1) is 0 Å². The minimum absolute atomic E-state index is 0.143. The lowest BCUT2D eigenvalue weighted by Crippen LogP contribution is -2.20. The van der Waals surface area contributed by atoms with Crippen LogP contribution in [0.25, 0.3) is 21.2 Å². The van der Waals surface area contributed by atoms with Gasteiger partial charge in [-0.1, -0.05) is 12.1 Å². The van der Waals surface area contributed by atoms with Gasteiger partial charge in [-0.15, -0.1) is 16.4 Å². The number of carboxylic acid groups (broad SMARTS) is 1. The zero-order valence-electron chi connectivity index (χ0n) is 14.8. The van der Waals surface area contributed by atoms with Crippen molar-refractivity contribution in [2.75, 3.05) is 0 Å². The fraction of sp³-hybridized carbons (Fsp3) is 0.100. The van der Waals surface area contributed by atoms with Crippen molar-refractivity contribution in [2.24, 2.45) is 7.05 Å². The van der Waals surface area contributed by atoms with Gasteiger partial charge in [-0.2, -0.15) is 0 Å². The average molecular weight is 393 g/mol. The fourth-order valence-electron chi connectivity index (χ4n) is 2.90. The van der Waals surface area contributed by atoms with Crippen molar-refractivity contribution < 1.29 is 14.6 Å². The van der Waals surface area contributed by atoms with E-state index in [1.54, 1.807) is 37.6 Å². The Hall–Kier alpha value is -3.52. The van der Waals surface area contributed by atoms with Crippen LogP contribution >= 0.6 is 11.3 Å². The molecule has 0 aliphatic rings. The molecule has 0 saturated heterocycles. The summed E-state index contributed by atoms with van der Waals surface area (Å²) in [5, 5.41) is 15.8. The number of carboxylic acids is 1. The lowest BCUT2D eigenvalue weighted by atomic mass is 10.1. The number of ether oxygens (including phenoxy) is 1. The number of hydrogen-bond donors (Lipinski definition) is 1. The second-order valence-corrected chi connectivity index (χ2v) is 7.00. The van der Waals surface area contributed by atoms with Crippen molar-refractivity contribution in [3.63, 3.8) is 0 Å². The summed E-state index contributed by atoms with van der Waals surface area (Å²) in [6.07, 6.45) is 3.36. The SMILES string of the molecule is Cn1nc(OCc2cccc(C(=O)O)c2)c2scc(-c3ccncc3)c2c1=O. The summed E-state index contributed by atoms with van der Waals surface area (Å²) in [6.45, 7) is 0.143. The number of pyridine rings is 1. The van der Waals surface area contributed by atoms with Gasteiger partial charge in [0.1, 0.15) is 11.3 Å². The maximum atomic E-state index is 12.7. The molecule has 0 atom stereocenters. The summed E-state index contributed by atoms with van der Waals surface area (Å²) in [5.74, 6) is -0.659. The molecular weight excluding hydrogens is 378 g/mol. The van der Waals surface area contributed by atoms with Crippen molar-refractivity contribution in [3.8, 4) is 17.0 Å². The van der Waals surface area contributed by atoms with Crippen LogP contribution in [-0.2, 0) is 13.7 Å². The number of aryl methyl sites for hydroxylation is 1. The van der Waals surface area contributed by atoms with Gasteiger partial charge in [0.15, 0.2) is 0 Å². The molecule has 1 N–H and O–H groups in total. The molecule has 7 nitrogen and oxygen atoms in total. The molecule has 0 aliphatic heterocycles. The fourth-order valence-corrected chi connectivity index (χ4v) is 3.91. The molecule has 0 radical (unpaired) electrons. The Bertz CT molecular complexity index is 1230. The molecule has 0 amide bonds. The van der Waals surface area contributed by atoms with E-state index in [1.165, 1.54) is 22.1 Å². The first-order chi connectivity index (χ1) is 13.5. The summed E-state index contributed by atoms with van der Waals surface area (Å²) in [7, 11) is 1.58. The third-order valence-electron chi connectivity index (χ3n) is 4.27. The van der Waals surface area contributed by atoms with Crippen molar-refractivity contribution in [2.45, 2.75) is 6.61 Å². The number of aromatic nitrogens is 3. The Balaban J connectivity index is 1.73. The molecule has 8 heteroatoms. The molecule has 3 aromatic heterocycles. The largest absolute Gasteiger partial charge is 0.478 e. The van der Waals surface area contributed by atoms with Crippen LogP contribution in [-0.4, -0.2) is 25.8 Å². The predicted molar refractivity (Wildman–Crippen MR) is 106 cm³/mol. The van der Waals surface area contributed by atoms with Gasteiger partial charge in [0.25, 0.3) is 5.56 Å². The number of aromatic carboxylic acids is 1. The number of fused-ring (bicyclic) bond motifs is 1. The van der Waals surface area contributed by atoms with E-state index in [0.717, 1.165) is 11.1 Å². The van der Waals surface area contributed by atoms with Crippen molar-refractivity contribution in [3.05, 3.63) is 75.7 Å². The minimum atomic E-state index is -0.996. The Morgan fingerprint density at radius 3 is 2.79 bits per heavy atom. The zero-order valence-corrected chi connectivity index (χ0v) is 15.6. The predicted octanol–water partition coefficient (Wildman–Crippen LogP) is 3.33. The lowest BCUT2D eigenvalue weighted by Gasteiger charge is -2.09. The van der Waals surface area contributed by atoms with Gasteiger partial charge in [-0.3, -0.25) is 9.78 Å². The van der Waals surface area contributed by atoms with Gasteiger partial charge in [0.05, 0.1) is 10.9 Å². The van der Waals surface area contributed by atoms with E-state index in [4.69, 9.17) is 9.84 Å². The van der Waals surface area contributed by atoms with E-state index in [9.17, 15) is 9.59 Å². The Morgan fingerprint density at radius 2 is 2.04 bits per heavy atom. The number of hydrogen-bond acceptors (Lipinski definition) is 6. The van der Waals surface area contributed by atoms with Crippen LogP contribution in [0.4, 0.5) is 0 Å². The topological polar surface area (TPSA) is 94.3 Å². The molecule has 4 rings (SSSR count). The molecule has 140 valence electrons. The van der Waals surface area contributed by atoms with Gasteiger partial charge in [0, 0.05) is 30.4 Å². The Kier molecular flexibility index (Phi) is 4.62. The molecule has 1 aromatic carbocycles. The number of carbonyl (C=O) groups is 1. The first-order valence-electron chi connectivity index (χ1n) is 8.38. The van der Waals surface area contributed by atoms with Gasteiger partial charge >= 0.3 is 5.97 Å². The quantitative estimate of drug-likeness (QED) is 0.559. The van der Waals surface area contributed by atoms with Crippen molar-refractivity contribution in [1.29, 1.82) is 0 Å². The van der Waals surface area contributed by atoms with E-state index in [0.29, 0.717) is 21.5 Å². The number of benzene rings is 1. The normalized spacial score (nSPS) is 10.9. The third-order valence-corrected chi connectivity index (χ3v) is 5.24. The maximum absolute atomic E-state index is 12.7. The highest BCUT2D eigenvalue weighted by molar-refractivity contribution is 7.18. The smallest absolute Gasteiger partial charge is 0.335 e. The molecule has 0 aliphatic carbocycles. The monoisotopic (exact) mass is 393 g/mol. The lowest BCUT2D eigenvalue weighted by molar-refractivity contribution is 0.0696. The molecule has 0 fully saturated rings. The third kappa shape index (κ3) is 3.25. The molecule has 0 spiro atoms. The van der Waals surface area contributed by atoms with E-state index >= 15 is 0 Å². The maximum Gasteiger partial charge on any atom is 0.335 e. The summed E-state index contributed by atoms with van der Waals surface area (Å²) >= 11 is 1.39. The van der Waals surface area contributed by atoms with Gasteiger partial charge in [-0.25, -0.2) is 9.48 Å².